The van der Waals surface area contributed by atoms with Gasteiger partial charge in [0.25, 0.3) is 0 Å². The van der Waals surface area contributed by atoms with E-state index in [1.54, 1.807) is 24.3 Å². The number of halogens is 2. The second kappa shape index (κ2) is 10.5. The van der Waals surface area contributed by atoms with Crippen LogP contribution in [-0.2, 0) is 10.0 Å². The highest BCUT2D eigenvalue weighted by molar-refractivity contribution is 9.10. The first kappa shape index (κ1) is 26.1. The molecule has 0 amide bonds. The standard InChI is InChI=1S/C30H23BrFN5O2S/c31-22-10-6-20(7-11-22)28-18-29(37(34-28)25-14-16-26(17-15-25)40(33,38)39)27-19-36(24-4-2-1-3-5-24)35-30(27)21-8-12-23(32)13-9-21/h1-17,19,29H,18H2,(H2,33,38,39). The number of para-hydroxylation sites is 1. The molecule has 0 radical (unpaired) electrons. The van der Waals surface area contributed by atoms with Gasteiger partial charge in [0.15, 0.2) is 0 Å². The molecule has 40 heavy (non-hydrogen) atoms. The van der Waals surface area contributed by atoms with Gasteiger partial charge >= 0.3 is 0 Å². The van der Waals surface area contributed by atoms with Gasteiger partial charge in [0.1, 0.15) is 5.82 Å². The van der Waals surface area contributed by atoms with Gasteiger partial charge in [0.05, 0.1) is 33.7 Å². The lowest BCUT2D eigenvalue weighted by Gasteiger charge is -2.24. The first-order valence-corrected chi connectivity index (χ1v) is 14.8. The fraction of sp³-hybridized carbons (Fsp3) is 0.0667. The Morgan fingerprint density at radius 2 is 1.48 bits per heavy atom. The molecule has 2 heterocycles. The molecule has 6 rings (SSSR count). The topological polar surface area (TPSA) is 93.6 Å². The van der Waals surface area contributed by atoms with Crippen molar-refractivity contribution in [1.82, 2.24) is 9.78 Å². The third-order valence-electron chi connectivity index (χ3n) is 6.76. The number of hydrogen-bond acceptors (Lipinski definition) is 5. The minimum absolute atomic E-state index is 0.0213. The number of sulfonamides is 1. The first-order chi connectivity index (χ1) is 19.3. The summed E-state index contributed by atoms with van der Waals surface area (Å²) in [5.74, 6) is -0.328. The summed E-state index contributed by atoms with van der Waals surface area (Å²) in [5, 5.41) is 17.1. The lowest BCUT2D eigenvalue weighted by molar-refractivity contribution is 0.597. The summed E-state index contributed by atoms with van der Waals surface area (Å²) in [5.41, 5.74) is 5.78. The van der Waals surface area contributed by atoms with Gasteiger partial charge in [-0.2, -0.15) is 10.2 Å². The third-order valence-corrected chi connectivity index (χ3v) is 8.22. The van der Waals surface area contributed by atoms with E-state index in [0.717, 1.165) is 32.6 Å². The summed E-state index contributed by atoms with van der Waals surface area (Å²) in [6.45, 7) is 0. The van der Waals surface area contributed by atoms with Gasteiger partial charge < -0.3 is 0 Å². The van der Waals surface area contributed by atoms with Gasteiger partial charge in [-0.3, -0.25) is 5.01 Å². The zero-order valence-electron chi connectivity index (χ0n) is 21.0. The molecular formula is C30H23BrFN5O2S. The lowest BCUT2D eigenvalue weighted by atomic mass is 9.96. The summed E-state index contributed by atoms with van der Waals surface area (Å²) in [6.07, 6.45) is 2.54. The maximum atomic E-state index is 13.8. The van der Waals surface area contributed by atoms with Crippen LogP contribution in [0.4, 0.5) is 10.1 Å². The number of nitrogens with zero attached hydrogens (tertiary/aromatic N) is 4. The van der Waals surface area contributed by atoms with Crippen LogP contribution in [0.15, 0.2) is 124 Å². The van der Waals surface area contributed by atoms with Crippen LogP contribution < -0.4 is 10.1 Å². The van der Waals surface area contributed by atoms with Crippen molar-refractivity contribution in [3.05, 3.63) is 131 Å². The van der Waals surface area contributed by atoms with Crippen LogP contribution in [0, 0.1) is 5.82 Å². The molecule has 2 N–H and O–H groups in total. The molecule has 0 bridgehead atoms. The minimum atomic E-state index is -3.84. The Morgan fingerprint density at radius 3 is 2.12 bits per heavy atom. The molecule has 200 valence electrons. The van der Waals surface area contributed by atoms with Gasteiger partial charge in [-0.25, -0.2) is 22.6 Å². The Kier molecular flexibility index (Phi) is 6.83. The van der Waals surface area contributed by atoms with Crippen molar-refractivity contribution < 1.29 is 12.8 Å². The van der Waals surface area contributed by atoms with E-state index in [0.29, 0.717) is 17.8 Å². The number of benzene rings is 4. The predicted octanol–water partition coefficient (Wildman–Crippen LogP) is 6.44. The number of aromatic nitrogens is 2. The van der Waals surface area contributed by atoms with E-state index in [4.69, 9.17) is 15.3 Å². The molecule has 4 aromatic carbocycles. The number of hydrazone groups is 1. The quantitative estimate of drug-likeness (QED) is 0.238. The highest BCUT2D eigenvalue weighted by Crippen LogP contribution is 2.41. The average Bonchev–Trinajstić information content (AvgIpc) is 3.59. The monoisotopic (exact) mass is 615 g/mol. The summed E-state index contributed by atoms with van der Waals surface area (Å²) in [7, 11) is -3.84. The van der Waals surface area contributed by atoms with E-state index in [1.807, 2.05) is 70.5 Å². The highest BCUT2D eigenvalue weighted by Gasteiger charge is 2.34. The summed E-state index contributed by atoms with van der Waals surface area (Å²) < 4.78 is 40.4. The van der Waals surface area contributed by atoms with Crippen LogP contribution in [0.1, 0.15) is 23.6 Å². The summed E-state index contributed by atoms with van der Waals surface area (Å²) in [6, 6.07) is 30.0. The van der Waals surface area contributed by atoms with E-state index in [-0.39, 0.29) is 16.8 Å². The molecule has 1 aliphatic rings. The molecule has 0 saturated carbocycles. The zero-order chi connectivity index (χ0) is 27.9. The molecule has 1 aliphatic heterocycles. The SMILES string of the molecule is NS(=O)(=O)c1ccc(N2N=C(c3ccc(Br)cc3)CC2c2cn(-c3ccccc3)nc2-c2ccc(F)cc2)cc1. The van der Waals surface area contributed by atoms with Gasteiger partial charge in [-0.1, -0.05) is 46.3 Å². The number of anilines is 1. The number of hydrogen-bond donors (Lipinski definition) is 1. The minimum Gasteiger partial charge on any atom is -0.257 e. The van der Waals surface area contributed by atoms with Crippen LogP contribution in [0.2, 0.25) is 0 Å². The van der Waals surface area contributed by atoms with Gasteiger partial charge in [0.2, 0.25) is 10.0 Å². The van der Waals surface area contributed by atoms with Gasteiger partial charge in [-0.05, 0) is 78.4 Å². The molecule has 0 spiro atoms. The Labute approximate surface area is 239 Å². The fourth-order valence-corrected chi connectivity index (χ4v) is 5.55. The zero-order valence-corrected chi connectivity index (χ0v) is 23.4. The maximum Gasteiger partial charge on any atom is 0.238 e. The molecule has 5 aromatic rings. The molecule has 0 aliphatic carbocycles. The van der Waals surface area contributed by atoms with Crippen molar-refractivity contribution >= 4 is 37.4 Å². The van der Waals surface area contributed by atoms with Crippen molar-refractivity contribution in [2.75, 3.05) is 5.01 Å². The molecule has 1 aromatic heterocycles. The Bertz CT molecular complexity index is 1810. The van der Waals surface area contributed by atoms with Crippen molar-refractivity contribution in [2.45, 2.75) is 17.4 Å². The number of nitrogens with two attached hydrogens (primary N) is 1. The molecule has 1 atom stereocenters. The molecule has 1 unspecified atom stereocenters. The van der Waals surface area contributed by atoms with E-state index in [2.05, 4.69) is 15.9 Å². The lowest BCUT2D eigenvalue weighted by Crippen LogP contribution is -2.19. The molecule has 0 saturated heterocycles. The molecule has 0 fully saturated rings. The van der Waals surface area contributed by atoms with Crippen molar-refractivity contribution in [1.29, 1.82) is 0 Å². The van der Waals surface area contributed by atoms with Crippen molar-refractivity contribution in [3.8, 4) is 16.9 Å². The van der Waals surface area contributed by atoms with Crippen LogP contribution in [0.5, 0.6) is 0 Å². The van der Waals surface area contributed by atoms with Crippen LogP contribution in [0.3, 0.4) is 0 Å². The van der Waals surface area contributed by atoms with E-state index >= 15 is 0 Å². The Balaban J connectivity index is 1.50. The number of rotatable bonds is 6. The van der Waals surface area contributed by atoms with E-state index in [1.165, 1.54) is 24.3 Å². The smallest absolute Gasteiger partial charge is 0.238 e. The maximum absolute atomic E-state index is 13.8. The average molecular weight is 617 g/mol. The van der Waals surface area contributed by atoms with Crippen molar-refractivity contribution in [2.24, 2.45) is 10.2 Å². The van der Waals surface area contributed by atoms with Gasteiger partial charge in [-0.15, -0.1) is 0 Å². The Morgan fingerprint density at radius 1 is 0.825 bits per heavy atom. The molecular weight excluding hydrogens is 593 g/mol. The van der Waals surface area contributed by atoms with E-state index < -0.39 is 10.0 Å². The summed E-state index contributed by atoms with van der Waals surface area (Å²) >= 11 is 3.49. The Hall–Kier alpha value is -4.12. The number of primary sulfonamides is 1. The summed E-state index contributed by atoms with van der Waals surface area (Å²) in [4.78, 5) is 0.0213. The third kappa shape index (κ3) is 5.21. The van der Waals surface area contributed by atoms with E-state index in [9.17, 15) is 12.8 Å². The van der Waals surface area contributed by atoms with Crippen LogP contribution in [-0.4, -0.2) is 23.9 Å². The second-order valence-electron chi connectivity index (χ2n) is 9.38. The second-order valence-corrected chi connectivity index (χ2v) is 11.9. The predicted molar refractivity (Wildman–Crippen MR) is 157 cm³/mol. The first-order valence-electron chi connectivity index (χ1n) is 12.4. The largest absolute Gasteiger partial charge is 0.257 e. The van der Waals surface area contributed by atoms with Crippen LogP contribution in [0.25, 0.3) is 16.9 Å². The van der Waals surface area contributed by atoms with Crippen LogP contribution >= 0.6 is 15.9 Å². The van der Waals surface area contributed by atoms with Gasteiger partial charge in [0, 0.05) is 28.2 Å². The highest BCUT2D eigenvalue weighted by atomic mass is 79.9. The van der Waals surface area contributed by atoms with Crippen molar-refractivity contribution in [3.63, 3.8) is 0 Å². The fourth-order valence-electron chi connectivity index (χ4n) is 4.77. The molecule has 7 nitrogen and oxygen atoms in total. The normalized spacial score (nSPS) is 15.3. The molecule has 10 heteroatoms.